The molecule has 1 aromatic heterocycles. The predicted molar refractivity (Wildman–Crippen MR) is 94.8 cm³/mol. The zero-order valence-corrected chi connectivity index (χ0v) is 16.0. The second kappa shape index (κ2) is 8.45. The van der Waals surface area contributed by atoms with E-state index in [0.717, 1.165) is 26.1 Å². The molecule has 2 aliphatic heterocycles. The van der Waals surface area contributed by atoms with Gasteiger partial charge in [0.05, 0.1) is 12.3 Å². The molecule has 1 aromatic rings. The van der Waals surface area contributed by atoms with Crippen LogP contribution in [-0.4, -0.2) is 72.7 Å². The summed E-state index contributed by atoms with van der Waals surface area (Å²) < 4.78 is 30.2. The summed E-state index contributed by atoms with van der Waals surface area (Å²) >= 11 is 0. The lowest BCUT2D eigenvalue weighted by Gasteiger charge is -2.18. The van der Waals surface area contributed by atoms with Gasteiger partial charge in [-0.3, -0.25) is 4.79 Å². The van der Waals surface area contributed by atoms with Crippen molar-refractivity contribution in [2.75, 3.05) is 39.0 Å². The van der Waals surface area contributed by atoms with Gasteiger partial charge in [-0.15, -0.1) is 0 Å². The average molecular weight is 385 g/mol. The fraction of sp³-hybridized carbons (Fsp3) is 0.812. The third-order valence-corrected chi connectivity index (χ3v) is 6.22. The van der Waals surface area contributed by atoms with Gasteiger partial charge in [0, 0.05) is 32.5 Å². The van der Waals surface area contributed by atoms with E-state index in [9.17, 15) is 13.2 Å². The van der Waals surface area contributed by atoms with Gasteiger partial charge in [0.15, 0.2) is 5.82 Å². The van der Waals surface area contributed by atoms with Crippen LogP contribution in [0, 0.1) is 0 Å². The quantitative estimate of drug-likeness (QED) is 0.686. The molecule has 1 atom stereocenters. The van der Waals surface area contributed by atoms with Crippen molar-refractivity contribution < 1.29 is 17.7 Å². The molecule has 0 aliphatic carbocycles. The fourth-order valence-corrected chi connectivity index (χ4v) is 4.69. The first-order chi connectivity index (χ1) is 12.4. The summed E-state index contributed by atoms with van der Waals surface area (Å²) in [5.74, 6) is 0.718. The van der Waals surface area contributed by atoms with Gasteiger partial charge >= 0.3 is 0 Å². The van der Waals surface area contributed by atoms with E-state index in [1.807, 2.05) is 0 Å². The summed E-state index contributed by atoms with van der Waals surface area (Å²) in [5.41, 5.74) is 0. The lowest BCUT2D eigenvalue weighted by atomic mass is 10.2. The molecule has 3 heterocycles. The molecule has 2 fully saturated rings. The van der Waals surface area contributed by atoms with Crippen LogP contribution in [0.1, 0.15) is 49.9 Å². The third-order valence-electron chi connectivity index (χ3n) is 4.93. The number of aromatic nitrogens is 2. The molecule has 0 saturated carbocycles. The average Bonchev–Trinajstić information content (AvgIpc) is 3.32. The standard InChI is InChI=1S/C16H27N5O4S/c1-26(23,24)21-11-4-5-13(21)16-18-15(25-19-16)7-6-14(22)17-8-12-20-9-2-3-10-20/h13H,2-12H2,1H3,(H,17,22). The first kappa shape index (κ1) is 19.2. The maximum atomic E-state index is 11.9. The molecule has 0 bridgehead atoms. The number of hydrogen-bond acceptors (Lipinski definition) is 7. The number of carbonyl (C=O) groups is 1. The van der Waals surface area contributed by atoms with E-state index in [1.54, 1.807) is 0 Å². The van der Waals surface area contributed by atoms with Crippen molar-refractivity contribution in [1.82, 2.24) is 24.7 Å². The van der Waals surface area contributed by atoms with E-state index in [2.05, 4.69) is 20.4 Å². The Kier molecular flexibility index (Phi) is 6.25. The molecule has 26 heavy (non-hydrogen) atoms. The third kappa shape index (κ3) is 5.01. The first-order valence-electron chi connectivity index (χ1n) is 9.22. The van der Waals surface area contributed by atoms with E-state index in [0.29, 0.717) is 37.6 Å². The predicted octanol–water partition coefficient (Wildman–Crippen LogP) is 0.311. The van der Waals surface area contributed by atoms with Crippen molar-refractivity contribution >= 4 is 15.9 Å². The summed E-state index contributed by atoms with van der Waals surface area (Å²) in [7, 11) is -3.29. The Morgan fingerprint density at radius 3 is 2.77 bits per heavy atom. The van der Waals surface area contributed by atoms with Gasteiger partial charge in [-0.2, -0.15) is 9.29 Å². The molecule has 2 saturated heterocycles. The Morgan fingerprint density at radius 2 is 2.04 bits per heavy atom. The Bertz CT molecular complexity index is 714. The normalized spacial score (nSPS) is 22.1. The molecular formula is C16H27N5O4S. The van der Waals surface area contributed by atoms with Crippen LogP contribution in [0.5, 0.6) is 0 Å². The zero-order valence-electron chi connectivity index (χ0n) is 15.2. The number of nitrogens with one attached hydrogen (secondary N) is 1. The van der Waals surface area contributed by atoms with Crippen LogP contribution < -0.4 is 5.32 Å². The second-order valence-corrected chi connectivity index (χ2v) is 8.91. The highest BCUT2D eigenvalue weighted by Gasteiger charge is 2.35. The molecule has 0 radical (unpaired) electrons. The molecule has 1 N–H and O–H groups in total. The van der Waals surface area contributed by atoms with Gasteiger partial charge in [-0.25, -0.2) is 8.42 Å². The highest BCUT2D eigenvalue weighted by atomic mass is 32.2. The van der Waals surface area contributed by atoms with E-state index in [1.165, 1.54) is 23.4 Å². The molecule has 0 aromatic carbocycles. The number of aryl methyl sites for hydroxylation is 1. The molecule has 0 spiro atoms. The summed E-state index contributed by atoms with van der Waals surface area (Å²) in [6.07, 6.45) is 5.77. The van der Waals surface area contributed by atoms with E-state index in [-0.39, 0.29) is 18.4 Å². The van der Waals surface area contributed by atoms with Crippen molar-refractivity contribution in [2.24, 2.45) is 0 Å². The number of nitrogens with zero attached hydrogens (tertiary/aromatic N) is 4. The molecule has 146 valence electrons. The minimum atomic E-state index is -3.29. The molecular weight excluding hydrogens is 358 g/mol. The Balaban J connectivity index is 1.44. The first-order valence-corrected chi connectivity index (χ1v) is 11.1. The summed E-state index contributed by atoms with van der Waals surface area (Å²) in [4.78, 5) is 18.6. The molecule has 10 heteroatoms. The number of carbonyl (C=O) groups excluding carboxylic acids is 1. The highest BCUT2D eigenvalue weighted by molar-refractivity contribution is 7.88. The lowest BCUT2D eigenvalue weighted by Crippen LogP contribution is -2.33. The van der Waals surface area contributed by atoms with Crippen LogP contribution in [-0.2, 0) is 21.2 Å². The molecule has 9 nitrogen and oxygen atoms in total. The largest absolute Gasteiger partial charge is 0.355 e. The fourth-order valence-electron chi connectivity index (χ4n) is 3.57. The minimum Gasteiger partial charge on any atom is -0.355 e. The highest BCUT2D eigenvalue weighted by Crippen LogP contribution is 2.32. The minimum absolute atomic E-state index is 0.0393. The maximum absolute atomic E-state index is 11.9. The monoisotopic (exact) mass is 385 g/mol. The Labute approximate surface area is 154 Å². The van der Waals surface area contributed by atoms with Crippen LogP contribution in [0.3, 0.4) is 0 Å². The van der Waals surface area contributed by atoms with Crippen LogP contribution in [0.15, 0.2) is 4.52 Å². The van der Waals surface area contributed by atoms with Crippen molar-refractivity contribution in [2.45, 2.75) is 44.6 Å². The Hall–Kier alpha value is -1.52. The molecule has 2 aliphatic rings. The van der Waals surface area contributed by atoms with Crippen LogP contribution in [0.25, 0.3) is 0 Å². The maximum Gasteiger partial charge on any atom is 0.227 e. The second-order valence-electron chi connectivity index (χ2n) is 6.98. The molecule has 1 unspecified atom stereocenters. The van der Waals surface area contributed by atoms with Gasteiger partial charge in [0.25, 0.3) is 0 Å². The molecule has 1 amide bonds. The van der Waals surface area contributed by atoms with E-state index < -0.39 is 10.0 Å². The SMILES string of the molecule is CS(=O)(=O)N1CCCC1c1noc(CCC(=O)NCCN2CCCC2)n1. The molecule has 3 rings (SSSR count). The number of sulfonamides is 1. The number of likely N-dealkylation sites (tertiary alicyclic amines) is 1. The van der Waals surface area contributed by atoms with Gasteiger partial charge in [0.1, 0.15) is 0 Å². The van der Waals surface area contributed by atoms with Crippen LogP contribution >= 0.6 is 0 Å². The van der Waals surface area contributed by atoms with Crippen molar-refractivity contribution in [1.29, 1.82) is 0 Å². The zero-order chi connectivity index (χ0) is 18.6. The van der Waals surface area contributed by atoms with E-state index >= 15 is 0 Å². The van der Waals surface area contributed by atoms with Gasteiger partial charge in [-0.1, -0.05) is 5.16 Å². The van der Waals surface area contributed by atoms with E-state index in [4.69, 9.17) is 4.52 Å². The van der Waals surface area contributed by atoms with Crippen molar-refractivity contribution in [3.63, 3.8) is 0 Å². The van der Waals surface area contributed by atoms with Gasteiger partial charge < -0.3 is 14.7 Å². The lowest BCUT2D eigenvalue weighted by molar-refractivity contribution is -0.121. The van der Waals surface area contributed by atoms with Gasteiger partial charge in [0.2, 0.25) is 21.8 Å². The number of rotatable bonds is 8. The van der Waals surface area contributed by atoms with Crippen molar-refractivity contribution in [3.05, 3.63) is 11.7 Å². The van der Waals surface area contributed by atoms with Crippen LogP contribution in [0.4, 0.5) is 0 Å². The summed E-state index contributed by atoms with van der Waals surface area (Å²) in [6.45, 7) is 4.25. The van der Waals surface area contributed by atoms with Crippen molar-refractivity contribution in [3.8, 4) is 0 Å². The number of amides is 1. The number of hydrogen-bond donors (Lipinski definition) is 1. The summed E-state index contributed by atoms with van der Waals surface area (Å²) in [6, 6.07) is -0.364. The van der Waals surface area contributed by atoms with Crippen LogP contribution in [0.2, 0.25) is 0 Å². The summed E-state index contributed by atoms with van der Waals surface area (Å²) in [5, 5.41) is 6.83. The Morgan fingerprint density at radius 1 is 1.27 bits per heavy atom. The topological polar surface area (TPSA) is 109 Å². The smallest absolute Gasteiger partial charge is 0.227 e. The van der Waals surface area contributed by atoms with Gasteiger partial charge in [-0.05, 0) is 38.8 Å².